The standard InChI is InChI=1S/C8H15N3O2/c1-5(10-8(9)13)7(12)11-6-3-2-4-6/h5-6H,2-4H2,1H3,(H,11,12)(H3,9,10,13). The van der Waals surface area contributed by atoms with Crippen molar-refractivity contribution in [2.24, 2.45) is 5.73 Å². The second-order valence-corrected chi connectivity index (χ2v) is 3.37. The van der Waals surface area contributed by atoms with E-state index in [-0.39, 0.29) is 5.91 Å². The number of amides is 3. The van der Waals surface area contributed by atoms with Gasteiger partial charge in [-0.05, 0) is 26.2 Å². The largest absolute Gasteiger partial charge is 0.352 e. The van der Waals surface area contributed by atoms with Crippen LogP contribution < -0.4 is 16.4 Å². The fourth-order valence-electron chi connectivity index (χ4n) is 1.16. The van der Waals surface area contributed by atoms with Gasteiger partial charge in [-0.25, -0.2) is 4.79 Å². The lowest BCUT2D eigenvalue weighted by Gasteiger charge is -2.27. The molecule has 1 saturated carbocycles. The Morgan fingerprint density at radius 3 is 2.46 bits per heavy atom. The molecule has 13 heavy (non-hydrogen) atoms. The Balaban J connectivity index is 2.24. The number of primary amides is 1. The van der Waals surface area contributed by atoms with Crippen LogP contribution in [0, 0.1) is 0 Å². The van der Waals surface area contributed by atoms with E-state index in [4.69, 9.17) is 5.73 Å². The molecule has 4 N–H and O–H groups in total. The molecule has 0 aliphatic heterocycles. The van der Waals surface area contributed by atoms with Crippen molar-refractivity contribution >= 4 is 11.9 Å². The highest BCUT2D eigenvalue weighted by Crippen LogP contribution is 2.17. The van der Waals surface area contributed by atoms with Gasteiger partial charge in [0.25, 0.3) is 0 Å². The van der Waals surface area contributed by atoms with Crippen LogP contribution in [0.15, 0.2) is 0 Å². The zero-order valence-electron chi connectivity index (χ0n) is 7.67. The quantitative estimate of drug-likeness (QED) is 0.564. The van der Waals surface area contributed by atoms with Crippen LogP contribution in [0.25, 0.3) is 0 Å². The van der Waals surface area contributed by atoms with Gasteiger partial charge in [0.1, 0.15) is 6.04 Å². The molecule has 5 heteroatoms. The molecule has 3 amide bonds. The Morgan fingerprint density at radius 1 is 1.46 bits per heavy atom. The molecule has 1 aliphatic rings. The van der Waals surface area contributed by atoms with Crippen LogP contribution in [0.3, 0.4) is 0 Å². The lowest BCUT2D eigenvalue weighted by Crippen LogP contribution is -2.50. The first-order valence-corrected chi connectivity index (χ1v) is 4.46. The average Bonchev–Trinajstić information content (AvgIpc) is 1.94. The van der Waals surface area contributed by atoms with E-state index in [0.29, 0.717) is 6.04 Å². The Hall–Kier alpha value is -1.26. The van der Waals surface area contributed by atoms with Crippen molar-refractivity contribution in [3.05, 3.63) is 0 Å². The van der Waals surface area contributed by atoms with Crippen molar-refractivity contribution in [2.75, 3.05) is 0 Å². The number of urea groups is 1. The van der Waals surface area contributed by atoms with E-state index in [0.717, 1.165) is 12.8 Å². The van der Waals surface area contributed by atoms with Crippen molar-refractivity contribution in [3.8, 4) is 0 Å². The van der Waals surface area contributed by atoms with Crippen molar-refractivity contribution < 1.29 is 9.59 Å². The predicted octanol–water partition coefficient (Wildman–Crippen LogP) is -0.288. The van der Waals surface area contributed by atoms with Gasteiger partial charge in [0.05, 0.1) is 0 Å². The molecule has 0 aromatic carbocycles. The molecule has 0 radical (unpaired) electrons. The zero-order chi connectivity index (χ0) is 9.84. The first-order chi connectivity index (χ1) is 6.09. The third-order valence-electron chi connectivity index (χ3n) is 2.20. The average molecular weight is 185 g/mol. The van der Waals surface area contributed by atoms with E-state index in [1.807, 2.05) is 0 Å². The van der Waals surface area contributed by atoms with Crippen LogP contribution in [-0.4, -0.2) is 24.0 Å². The summed E-state index contributed by atoms with van der Waals surface area (Å²) in [6.45, 7) is 1.61. The predicted molar refractivity (Wildman–Crippen MR) is 48.0 cm³/mol. The minimum absolute atomic E-state index is 0.163. The van der Waals surface area contributed by atoms with Crippen LogP contribution in [0.4, 0.5) is 4.79 Å². The molecule has 1 aliphatic carbocycles. The van der Waals surface area contributed by atoms with Gasteiger partial charge in [-0.15, -0.1) is 0 Å². The van der Waals surface area contributed by atoms with Crippen LogP contribution >= 0.6 is 0 Å². The topological polar surface area (TPSA) is 84.2 Å². The molecule has 0 aromatic heterocycles. The van der Waals surface area contributed by atoms with Gasteiger partial charge in [0.2, 0.25) is 5.91 Å². The second kappa shape index (κ2) is 4.11. The monoisotopic (exact) mass is 185 g/mol. The highest BCUT2D eigenvalue weighted by Gasteiger charge is 2.22. The maximum Gasteiger partial charge on any atom is 0.312 e. The fraction of sp³-hybridized carbons (Fsp3) is 0.750. The summed E-state index contributed by atoms with van der Waals surface area (Å²) in [7, 11) is 0. The molecule has 1 atom stereocenters. The van der Waals surface area contributed by atoms with Gasteiger partial charge in [0, 0.05) is 6.04 Å². The van der Waals surface area contributed by atoms with Crippen LogP contribution in [-0.2, 0) is 4.79 Å². The van der Waals surface area contributed by atoms with E-state index in [1.54, 1.807) is 6.92 Å². The molecule has 1 unspecified atom stereocenters. The number of rotatable bonds is 3. The molecular formula is C8H15N3O2. The molecule has 0 bridgehead atoms. The maximum atomic E-state index is 11.3. The zero-order valence-corrected chi connectivity index (χ0v) is 7.67. The maximum absolute atomic E-state index is 11.3. The van der Waals surface area contributed by atoms with Crippen molar-refractivity contribution in [1.82, 2.24) is 10.6 Å². The van der Waals surface area contributed by atoms with E-state index in [2.05, 4.69) is 10.6 Å². The van der Waals surface area contributed by atoms with E-state index in [1.165, 1.54) is 6.42 Å². The van der Waals surface area contributed by atoms with Crippen molar-refractivity contribution in [3.63, 3.8) is 0 Å². The number of nitrogens with two attached hydrogens (primary N) is 1. The molecule has 5 nitrogen and oxygen atoms in total. The first-order valence-electron chi connectivity index (χ1n) is 4.46. The lowest BCUT2D eigenvalue weighted by molar-refractivity contribution is -0.123. The number of hydrogen-bond acceptors (Lipinski definition) is 2. The third-order valence-corrected chi connectivity index (χ3v) is 2.20. The Bertz CT molecular complexity index is 213. The summed E-state index contributed by atoms with van der Waals surface area (Å²) in [6.07, 6.45) is 3.24. The molecule has 0 aromatic rings. The van der Waals surface area contributed by atoms with Crippen molar-refractivity contribution in [1.29, 1.82) is 0 Å². The number of carbonyl (C=O) groups excluding carboxylic acids is 2. The minimum Gasteiger partial charge on any atom is -0.352 e. The minimum atomic E-state index is -0.670. The molecule has 0 spiro atoms. The van der Waals surface area contributed by atoms with E-state index < -0.39 is 12.1 Å². The summed E-state index contributed by atoms with van der Waals surface area (Å²) >= 11 is 0. The molecular weight excluding hydrogens is 170 g/mol. The van der Waals surface area contributed by atoms with Crippen molar-refractivity contribution in [2.45, 2.75) is 38.3 Å². The molecule has 0 saturated heterocycles. The van der Waals surface area contributed by atoms with Crippen LogP contribution in [0.1, 0.15) is 26.2 Å². The highest BCUT2D eigenvalue weighted by molar-refractivity contribution is 5.86. The highest BCUT2D eigenvalue weighted by atomic mass is 16.2. The smallest absolute Gasteiger partial charge is 0.312 e. The molecule has 0 heterocycles. The van der Waals surface area contributed by atoms with Crippen LogP contribution in [0.2, 0.25) is 0 Å². The summed E-state index contributed by atoms with van der Waals surface area (Å²) in [6, 6.07) is -0.918. The van der Waals surface area contributed by atoms with E-state index >= 15 is 0 Å². The van der Waals surface area contributed by atoms with Gasteiger partial charge in [-0.2, -0.15) is 0 Å². The number of carbonyl (C=O) groups is 2. The Labute approximate surface area is 77.1 Å². The first kappa shape index (κ1) is 9.83. The fourth-order valence-corrected chi connectivity index (χ4v) is 1.16. The normalized spacial score (nSPS) is 18.5. The van der Waals surface area contributed by atoms with Gasteiger partial charge < -0.3 is 16.4 Å². The summed E-state index contributed by atoms with van der Waals surface area (Å²) in [5, 5.41) is 5.14. The SMILES string of the molecule is CC(NC(N)=O)C(=O)NC1CCC1. The summed E-state index contributed by atoms with van der Waals surface area (Å²) in [5.74, 6) is -0.163. The van der Waals surface area contributed by atoms with Crippen LogP contribution in [0.5, 0.6) is 0 Å². The Kier molecular flexibility index (Phi) is 3.11. The van der Waals surface area contributed by atoms with E-state index in [9.17, 15) is 9.59 Å². The second-order valence-electron chi connectivity index (χ2n) is 3.37. The summed E-state index contributed by atoms with van der Waals surface area (Å²) in [4.78, 5) is 21.7. The summed E-state index contributed by atoms with van der Waals surface area (Å²) < 4.78 is 0. The third kappa shape index (κ3) is 2.93. The van der Waals surface area contributed by atoms with Gasteiger partial charge in [-0.1, -0.05) is 0 Å². The molecule has 1 fully saturated rings. The molecule has 1 rings (SSSR count). The van der Waals surface area contributed by atoms with Gasteiger partial charge >= 0.3 is 6.03 Å². The lowest BCUT2D eigenvalue weighted by atomic mass is 9.93. The van der Waals surface area contributed by atoms with Gasteiger partial charge in [0.15, 0.2) is 0 Å². The number of hydrogen-bond donors (Lipinski definition) is 3. The van der Waals surface area contributed by atoms with Gasteiger partial charge in [-0.3, -0.25) is 4.79 Å². The molecule has 74 valence electrons. The Morgan fingerprint density at radius 2 is 2.08 bits per heavy atom. The number of nitrogens with one attached hydrogen (secondary N) is 2. The summed E-state index contributed by atoms with van der Waals surface area (Å²) in [5.41, 5.74) is 4.88.